The molecular weight excluding hydrogens is 352 g/mol. The van der Waals surface area contributed by atoms with Crippen LogP contribution in [0.2, 0.25) is 0 Å². The number of rotatable bonds is 6. The molecule has 0 aromatic heterocycles. The molecule has 0 unspecified atom stereocenters. The van der Waals surface area contributed by atoms with E-state index >= 15 is 0 Å². The topological polar surface area (TPSA) is 75.7 Å². The Kier molecular flexibility index (Phi) is 5.46. The van der Waals surface area contributed by atoms with Gasteiger partial charge in [0, 0.05) is 13.0 Å². The van der Waals surface area contributed by atoms with E-state index < -0.39 is 10.0 Å². The predicted molar refractivity (Wildman–Crippen MR) is 102 cm³/mol. The molecule has 1 aliphatic heterocycles. The SMILES string of the molecule is CC(=O)N1CCOc2cc(NS(=O)(=O)CCCc3ccccc3)ccc21. The average molecular weight is 374 g/mol. The second-order valence-corrected chi connectivity index (χ2v) is 8.05. The number of fused-ring (bicyclic) bond motifs is 1. The molecule has 1 N–H and O–H groups in total. The molecule has 138 valence electrons. The fourth-order valence-corrected chi connectivity index (χ4v) is 4.06. The van der Waals surface area contributed by atoms with Crippen molar-refractivity contribution < 1.29 is 17.9 Å². The Morgan fingerprint density at radius 1 is 1.19 bits per heavy atom. The maximum Gasteiger partial charge on any atom is 0.232 e. The number of hydrogen-bond acceptors (Lipinski definition) is 4. The molecular formula is C19H22N2O4S. The van der Waals surface area contributed by atoms with Crippen LogP contribution >= 0.6 is 0 Å². The van der Waals surface area contributed by atoms with Crippen molar-refractivity contribution in [2.75, 3.05) is 28.5 Å². The van der Waals surface area contributed by atoms with Gasteiger partial charge in [-0.1, -0.05) is 30.3 Å². The minimum atomic E-state index is -3.45. The number of ether oxygens (including phenoxy) is 1. The highest BCUT2D eigenvalue weighted by atomic mass is 32.2. The summed E-state index contributed by atoms with van der Waals surface area (Å²) in [5.41, 5.74) is 2.22. The molecule has 0 fully saturated rings. The van der Waals surface area contributed by atoms with E-state index in [1.165, 1.54) is 6.92 Å². The van der Waals surface area contributed by atoms with Gasteiger partial charge in [0.05, 0.1) is 23.7 Å². The summed E-state index contributed by atoms with van der Waals surface area (Å²) in [5, 5.41) is 0. The van der Waals surface area contributed by atoms with E-state index in [-0.39, 0.29) is 11.7 Å². The third kappa shape index (κ3) is 4.54. The summed E-state index contributed by atoms with van der Waals surface area (Å²) in [6.45, 7) is 2.38. The Labute approximate surface area is 153 Å². The van der Waals surface area contributed by atoms with E-state index in [2.05, 4.69) is 4.72 Å². The lowest BCUT2D eigenvalue weighted by Crippen LogP contribution is -2.36. The number of benzene rings is 2. The number of sulfonamides is 1. The first kappa shape index (κ1) is 18.3. The van der Waals surface area contributed by atoms with Crippen LogP contribution in [0.15, 0.2) is 48.5 Å². The van der Waals surface area contributed by atoms with Gasteiger partial charge in [0.1, 0.15) is 12.4 Å². The van der Waals surface area contributed by atoms with Crippen LogP contribution < -0.4 is 14.4 Å². The lowest BCUT2D eigenvalue weighted by atomic mass is 10.1. The summed E-state index contributed by atoms with van der Waals surface area (Å²) < 4.78 is 32.8. The molecule has 0 saturated heterocycles. The Morgan fingerprint density at radius 2 is 1.96 bits per heavy atom. The van der Waals surface area contributed by atoms with Crippen molar-refractivity contribution in [1.29, 1.82) is 0 Å². The Bertz CT molecular complexity index is 882. The van der Waals surface area contributed by atoms with Gasteiger partial charge in [0.2, 0.25) is 15.9 Å². The summed E-state index contributed by atoms with van der Waals surface area (Å²) in [5.74, 6) is 0.485. The highest BCUT2D eigenvalue weighted by Gasteiger charge is 2.22. The molecule has 0 radical (unpaired) electrons. The normalized spacial score (nSPS) is 13.7. The molecule has 26 heavy (non-hydrogen) atoms. The van der Waals surface area contributed by atoms with Crippen molar-refractivity contribution in [3.63, 3.8) is 0 Å². The summed E-state index contributed by atoms with van der Waals surface area (Å²) >= 11 is 0. The Balaban J connectivity index is 1.63. The van der Waals surface area contributed by atoms with E-state index in [0.29, 0.717) is 43.1 Å². The number of hydrogen-bond donors (Lipinski definition) is 1. The van der Waals surface area contributed by atoms with Gasteiger partial charge in [-0.25, -0.2) is 8.42 Å². The van der Waals surface area contributed by atoms with E-state index in [0.717, 1.165) is 5.56 Å². The lowest BCUT2D eigenvalue weighted by molar-refractivity contribution is -0.116. The molecule has 3 rings (SSSR count). The number of anilines is 2. The molecule has 6 nitrogen and oxygen atoms in total. The maximum absolute atomic E-state index is 12.3. The first-order valence-corrected chi connectivity index (χ1v) is 10.2. The van der Waals surface area contributed by atoms with Crippen molar-refractivity contribution >= 4 is 27.3 Å². The fourth-order valence-electron chi connectivity index (χ4n) is 2.95. The van der Waals surface area contributed by atoms with Gasteiger partial charge in [-0.05, 0) is 30.5 Å². The monoisotopic (exact) mass is 374 g/mol. The van der Waals surface area contributed by atoms with E-state index in [9.17, 15) is 13.2 Å². The van der Waals surface area contributed by atoms with Gasteiger partial charge in [0.25, 0.3) is 0 Å². The number of aryl methyl sites for hydroxylation is 1. The van der Waals surface area contributed by atoms with Crippen LogP contribution in [-0.4, -0.2) is 33.2 Å². The molecule has 0 spiro atoms. The smallest absolute Gasteiger partial charge is 0.232 e. The molecule has 1 heterocycles. The Hall–Kier alpha value is -2.54. The molecule has 1 aliphatic rings. The van der Waals surface area contributed by atoms with Gasteiger partial charge in [-0.2, -0.15) is 0 Å². The maximum atomic E-state index is 12.3. The van der Waals surface area contributed by atoms with Gasteiger partial charge < -0.3 is 9.64 Å². The Morgan fingerprint density at radius 3 is 2.69 bits per heavy atom. The highest BCUT2D eigenvalue weighted by Crippen LogP contribution is 2.34. The molecule has 2 aromatic rings. The van der Waals surface area contributed by atoms with Crippen LogP contribution in [0, 0.1) is 0 Å². The predicted octanol–water partition coefficient (Wildman–Crippen LogP) is 2.81. The van der Waals surface area contributed by atoms with Gasteiger partial charge in [-0.15, -0.1) is 0 Å². The van der Waals surface area contributed by atoms with Crippen LogP contribution in [0.25, 0.3) is 0 Å². The number of carbonyl (C=O) groups is 1. The van der Waals surface area contributed by atoms with Crippen LogP contribution in [0.1, 0.15) is 18.9 Å². The number of carbonyl (C=O) groups excluding carboxylic acids is 1. The fraction of sp³-hybridized carbons (Fsp3) is 0.316. The van der Waals surface area contributed by atoms with Gasteiger partial charge in [-0.3, -0.25) is 9.52 Å². The molecule has 0 saturated carbocycles. The quantitative estimate of drug-likeness (QED) is 0.844. The zero-order valence-electron chi connectivity index (χ0n) is 14.6. The van der Waals surface area contributed by atoms with Crippen molar-refractivity contribution in [1.82, 2.24) is 0 Å². The molecule has 0 aliphatic carbocycles. The number of nitrogens with zero attached hydrogens (tertiary/aromatic N) is 1. The van der Waals surface area contributed by atoms with Crippen molar-refractivity contribution in [2.24, 2.45) is 0 Å². The van der Waals surface area contributed by atoms with E-state index in [4.69, 9.17) is 4.74 Å². The largest absolute Gasteiger partial charge is 0.489 e. The summed E-state index contributed by atoms with van der Waals surface area (Å²) in [6.07, 6.45) is 1.25. The van der Waals surface area contributed by atoms with Crippen LogP contribution in [0.5, 0.6) is 5.75 Å². The third-order valence-corrected chi connectivity index (χ3v) is 5.57. The average Bonchev–Trinajstić information content (AvgIpc) is 2.61. The zero-order valence-corrected chi connectivity index (χ0v) is 15.5. The summed E-state index contributed by atoms with van der Waals surface area (Å²) in [4.78, 5) is 13.3. The van der Waals surface area contributed by atoms with E-state index in [1.54, 1.807) is 23.1 Å². The molecule has 7 heteroatoms. The second-order valence-electron chi connectivity index (χ2n) is 6.21. The van der Waals surface area contributed by atoms with Gasteiger partial charge >= 0.3 is 0 Å². The van der Waals surface area contributed by atoms with Gasteiger partial charge in [0.15, 0.2) is 0 Å². The number of nitrogens with one attached hydrogen (secondary N) is 1. The van der Waals surface area contributed by atoms with Crippen LogP contribution in [0.3, 0.4) is 0 Å². The number of amides is 1. The van der Waals surface area contributed by atoms with Crippen molar-refractivity contribution in [3.05, 3.63) is 54.1 Å². The molecule has 0 atom stereocenters. The van der Waals surface area contributed by atoms with Crippen LogP contribution in [0.4, 0.5) is 11.4 Å². The second kappa shape index (κ2) is 7.78. The minimum absolute atomic E-state index is 0.0411. The molecule has 1 amide bonds. The molecule has 2 aromatic carbocycles. The van der Waals surface area contributed by atoms with Crippen molar-refractivity contribution in [2.45, 2.75) is 19.8 Å². The van der Waals surface area contributed by atoms with E-state index in [1.807, 2.05) is 30.3 Å². The zero-order chi connectivity index (χ0) is 18.6. The minimum Gasteiger partial charge on any atom is -0.489 e. The summed E-state index contributed by atoms with van der Waals surface area (Å²) in [6, 6.07) is 14.8. The standard InChI is InChI=1S/C19H22N2O4S/c1-15(22)21-11-12-25-19-14-17(9-10-18(19)21)20-26(23,24)13-5-8-16-6-3-2-4-7-16/h2-4,6-7,9-10,14,20H,5,8,11-13H2,1H3. The first-order valence-electron chi connectivity index (χ1n) is 8.54. The first-order chi connectivity index (χ1) is 12.4. The molecule has 0 bridgehead atoms. The summed E-state index contributed by atoms with van der Waals surface area (Å²) in [7, 11) is -3.45. The lowest BCUT2D eigenvalue weighted by Gasteiger charge is -2.29. The highest BCUT2D eigenvalue weighted by molar-refractivity contribution is 7.92. The van der Waals surface area contributed by atoms with Crippen LogP contribution in [-0.2, 0) is 21.2 Å². The third-order valence-electron chi connectivity index (χ3n) is 4.20. The van der Waals surface area contributed by atoms with Crippen molar-refractivity contribution in [3.8, 4) is 5.75 Å².